The van der Waals surface area contributed by atoms with Gasteiger partial charge in [-0.25, -0.2) is 0 Å². The molecule has 0 fully saturated rings. The normalized spacial score (nSPS) is 12.3. The minimum absolute atomic E-state index is 0.272. The van der Waals surface area contributed by atoms with E-state index in [2.05, 4.69) is 12.1 Å². The van der Waals surface area contributed by atoms with E-state index in [1.165, 1.54) is 6.07 Å². The van der Waals surface area contributed by atoms with Crippen molar-refractivity contribution in [1.82, 2.24) is 0 Å². The Balaban J connectivity index is 1.91. The predicted octanol–water partition coefficient (Wildman–Crippen LogP) is 5.28. The molecule has 0 saturated carbocycles. The molecule has 0 aliphatic rings. The maximum atomic E-state index is 13.0. The Morgan fingerprint density at radius 2 is 1.03 bits per heavy atom. The van der Waals surface area contributed by atoms with E-state index in [4.69, 9.17) is 0 Å². The molecule has 2 atom stereocenters. The lowest BCUT2D eigenvalue weighted by Gasteiger charge is -2.12. The lowest BCUT2D eigenvalue weighted by molar-refractivity contribution is 0.0978. The summed E-state index contributed by atoms with van der Waals surface area (Å²) in [7, 11) is 0. The third kappa shape index (κ3) is 4.35. The first-order valence-electron chi connectivity index (χ1n) is 9.55. The Labute approximate surface area is 176 Å². The summed E-state index contributed by atoms with van der Waals surface area (Å²) in [6.07, 6.45) is 0. The van der Waals surface area contributed by atoms with Crippen LogP contribution in [0.2, 0.25) is 0 Å². The number of carbonyl (C=O) groups is 2. The monoisotopic (exact) mass is 392 g/mol. The van der Waals surface area contributed by atoms with E-state index >= 15 is 0 Å². The van der Waals surface area contributed by atoms with Crippen LogP contribution in [0.4, 0.5) is 0 Å². The van der Waals surface area contributed by atoms with E-state index in [0.29, 0.717) is 11.1 Å². The summed E-state index contributed by atoms with van der Waals surface area (Å²) < 4.78 is 0. The Morgan fingerprint density at radius 3 is 1.37 bits per heavy atom. The third-order valence-electron chi connectivity index (χ3n) is 5.04. The zero-order valence-electron chi connectivity index (χ0n) is 16.8. The summed E-state index contributed by atoms with van der Waals surface area (Å²) in [5.41, 5.74) is 3.84. The lowest BCUT2D eigenvalue weighted by atomic mass is 9.88. The summed E-state index contributed by atoms with van der Waals surface area (Å²) in [4.78, 5) is 26.0. The summed E-state index contributed by atoms with van der Waals surface area (Å²) in [6, 6.07) is 24.8. The summed E-state index contributed by atoms with van der Waals surface area (Å²) in [5.74, 6) is -2.67. The van der Waals surface area contributed by atoms with Crippen LogP contribution in [0.5, 0.6) is 0 Å². The minimum atomic E-state index is -0.959. The molecule has 0 aliphatic heterocycles. The van der Waals surface area contributed by atoms with Crippen molar-refractivity contribution < 1.29 is 9.59 Å². The summed E-state index contributed by atoms with van der Waals surface area (Å²) >= 11 is 0. The van der Waals surface area contributed by atoms with Crippen molar-refractivity contribution in [3.8, 4) is 12.1 Å². The van der Waals surface area contributed by atoms with E-state index in [1.54, 1.807) is 42.5 Å². The number of carbonyl (C=O) groups excluding carboxylic acids is 2. The number of rotatable bonds is 6. The lowest BCUT2D eigenvalue weighted by Crippen LogP contribution is -2.14. The smallest absolute Gasteiger partial charge is 0.184 e. The quantitative estimate of drug-likeness (QED) is 0.534. The number of benzene rings is 3. The number of aryl methyl sites for hydroxylation is 2. The number of nitriles is 2. The average molecular weight is 392 g/mol. The van der Waals surface area contributed by atoms with Crippen LogP contribution in [-0.4, -0.2) is 11.6 Å². The fourth-order valence-electron chi connectivity index (χ4n) is 3.25. The molecular formula is C26H20N2O2. The molecule has 0 spiro atoms. The third-order valence-corrected chi connectivity index (χ3v) is 5.04. The van der Waals surface area contributed by atoms with Crippen LogP contribution < -0.4 is 0 Å². The van der Waals surface area contributed by atoms with E-state index in [9.17, 15) is 20.1 Å². The first-order chi connectivity index (χ1) is 14.4. The van der Waals surface area contributed by atoms with E-state index in [-0.39, 0.29) is 22.7 Å². The van der Waals surface area contributed by atoms with Crippen molar-refractivity contribution in [2.24, 2.45) is 0 Å². The van der Waals surface area contributed by atoms with Crippen molar-refractivity contribution >= 4 is 11.6 Å². The van der Waals surface area contributed by atoms with Crippen molar-refractivity contribution in [1.29, 1.82) is 10.5 Å². The second kappa shape index (κ2) is 8.99. The minimum Gasteiger partial charge on any atom is -0.292 e. The highest BCUT2D eigenvalue weighted by Gasteiger charge is 2.25. The van der Waals surface area contributed by atoms with Gasteiger partial charge in [0, 0.05) is 11.1 Å². The molecule has 4 heteroatoms. The van der Waals surface area contributed by atoms with Crippen molar-refractivity contribution in [3.63, 3.8) is 0 Å². The van der Waals surface area contributed by atoms with E-state index < -0.39 is 11.8 Å². The molecule has 0 bridgehead atoms. The van der Waals surface area contributed by atoms with Gasteiger partial charge < -0.3 is 0 Å². The average Bonchev–Trinajstić information content (AvgIpc) is 2.77. The van der Waals surface area contributed by atoms with Crippen LogP contribution in [0.3, 0.4) is 0 Å². The second-order valence-electron chi connectivity index (χ2n) is 7.25. The predicted molar refractivity (Wildman–Crippen MR) is 114 cm³/mol. The molecule has 0 aromatic heterocycles. The van der Waals surface area contributed by atoms with Crippen LogP contribution in [0.25, 0.3) is 0 Å². The number of hydrogen-bond acceptors (Lipinski definition) is 4. The molecule has 2 unspecified atom stereocenters. The molecule has 0 radical (unpaired) electrons. The molecule has 0 heterocycles. The Kier molecular flexibility index (Phi) is 6.20. The van der Waals surface area contributed by atoms with Gasteiger partial charge in [-0.2, -0.15) is 10.5 Å². The van der Waals surface area contributed by atoms with Gasteiger partial charge in [-0.15, -0.1) is 0 Å². The van der Waals surface area contributed by atoms with Crippen LogP contribution in [0.1, 0.15) is 54.8 Å². The Hall–Kier alpha value is -4.02. The number of hydrogen-bond donors (Lipinski definition) is 0. The molecule has 30 heavy (non-hydrogen) atoms. The second-order valence-corrected chi connectivity index (χ2v) is 7.25. The first kappa shape index (κ1) is 20.7. The Morgan fingerprint density at radius 1 is 0.667 bits per heavy atom. The molecule has 0 N–H and O–H groups in total. The molecule has 3 rings (SSSR count). The first-order valence-corrected chi connectivity index (χ1v) is 9.55. The van der Waals surface area contributed by atoms with Gasteiger partial charge in [0.05, 0.1) is 12.1 Å². The fraction of sp³-hybridized carbons (Fsp3) is 0.154. The van der Waals surface area contributed by atoms with Crippen molar-refractivity contribution in [3.05, 3.63) is 106 Å². The zero-order valence-corrected chi connectivity index (χ0v) is 16.8. The van der Waals surface area contributed by atoms with Gasteiger partial charge in [-0.05, 0) is 31.0 Å². The standard InChI is InChI=1S/C26H20N2O2/c1-17-6-10-19(11-7-17)23(15-27)25(29)21-4-3-5-22(14-21)26(30)24(16-28)20-12-8-18(2)9-13-20/h3-14,23-24H,1-2H3. The molecule has 3 aromatic carbocycles. The van der Waals surface area contributed by atoms with Crippen molar-refractivity contribution in [2.75, 3.05) is 0 Å². The number of Topliss-reactive ketones (excluding diaryl/α,β-unsaturated/α-hetero) is 2. The SMILES string of the molecule is Cc1ccc(C(C#N)C(=O)c2cccc(C(=O)C(C#N)c3ccc(C)cc3)c2)cc1. The van der Waals surface area contributed by atoms with Gasteiger partial charge in [-0.1, -0.05) is 77.9 Å². The number of ketones is 2. The highest BCUT2D eigenvalue weighted by molar-refractivity contribution is 6.07. The maximum absolute atomic E-state index is 13.0. The molecule has 4 nitrogen and oxygen atoms in total. The highest BCUT2D eigenvalue weighted by atomic mass is 16.1. The molecule has 146 valence electrons. The van der Waals surface area contributed by atoms with Crippen molar-refractivity contribution in [2.45, 2.75) is 25.7 Å². The molecule has 3 aromatic rings. The van der Waals surface area contributed by atoms with Crippen LogP contribution in [-0.2, 0) is 0 Å². The molecule has 0 aliphatic carbocycles. The van der Waals surface area contributed by atoms with E-state index in [0.717, 1.165) is 11.1 Å². The topological polar surface area (TPSA) is 81.7 Å². The molecular weight excluding hydrogens is 372 g/mol. The highest BCUT2D eigenvalue weighted by Crippen LogP contribution is 2.25. The molecule has 0 saturated heterocycles. The number of nitrogens with zero attached hydrogens (tertiary/aromatic N) is 2. The largest absolute Gasteiger partial charge is 0.292 e. The fourth-order valence-corrected chi connectivity index (χ4v) is 3.25. The van der Waals surface area contributed by atoms with Gasteiger partial charge in [-0.3, -0.25) is 9.59 Å². The van der Waals surface area contributed by atoms with Gasteiger partial charge in [0.15, 0.2) is 11.6 Å². The maximum Gasteiger partial charge on any atom is 0.184 e. The summed E-state index contributed by atoms with van der Waals surface area (Å²) in [6.45, 7) is 3.86. The van der Waals surface area contributed by atoms with E-state index in [1.807, 2.05) is 38.1 Å². The van der Waals surface area contributed by atoms with Crippen LogP contribution >= 0.6 is 0 Å². The van der Waals surface area contributed by atoms with Gasteiger partial charge in [0.1, 0.15) is 11.8 Å². The van der Waals surface area contributed by atoms with Gasteiger partial charge in [0.25, 0.3) is 0 Å². The Bertz CT molecular complexity index is 1070. The van der Waals surface area contributed by atoms with Crippen LogP contribution in [0.15, 0.2) is 72.8 Å². The zero-order chi connectivity index (χ0) is 21.7. The van der Waals surface area contributed by atoms with Gasteiger partial charge >= 0.3 is 0 Å². The summed E-state index contributed by atoms with van der Waals surface area (Å²) in [5, 5.41) is 19.2. The van der Waals surface area contributed by atoms with Crippen LogP contribution in [0, 0.1) is 36.5 Å². The van der Waals surface area contributed by atoms with Gasteiger partial charge in [0.2, 0.25) is 0 Å². The molecule has 0 amide bonds.